The van der Waals surface area contributed by atoms with E-state index < -0.39 is 21.5 Å². The van der Waals surface area contributed by atoms with Crippen LogP contribution in [-0.4, -0.2) is 78.3 Å². The highest BCUT2D eigenvalue weighted by Crippen LogP contribution is 2.51. The Kier molecular flexibility index (Phi) is 8.87. The molecule has 0 spiro atoms. The minimum atomic E-state index is -4.61. The Labute approximate surface area is 280 Å². The smallest absolute Gasteiger partial charge is 0.276 e. The summed E-state index contributed by atoms with van der Waals surface area (Å²) in [7, 11) is 0.277. The summed E-state index contributed by atoms with van der Waals surface area (Å²) >= 11 is 0. The Morgan fingerprint density at radius 2 is 1.75 bits per heavy atom. The van der Waals surface area contributed by atoms with Crippen molar-refractivity contribution < 1.29 is 27.4 Å². The molecule has 1 fully saturated rings. The maximum Gasteiger partial charge on any atom is 0.276 e. The maximum atomic E-state index is 15.2. The number of methoxy groups -OCH3 is 2. The van der Waals surface area contributed by atoms with Crippen molar-refractivity contribution in [1.29, 1.82) is 5.26 Å². The van der Waals surface area contributed by atoms with Crippen molar-refractivity contribution in [2.75, 3.05) is 68.6 Å². The number of nitriles is 1. The fraction of sp³-hybridized carbons (Fsp3) is 0.286. The van der Waals surface area contributed by atoms with E-state index in [1.807, 2.05) is 24.3 Å². The normalized spacial score (nSPS) is 17.9. The van der Waals surface area contributed by atoms with Crippen LogP contribution in [0.25, 0.3) is 0 Å². The van der Waals surface area contributed by atoms with Gasteiger partial charge in [-0.3, -0.25) is 4.79 Å². The molecule has 1 aromatic heterocycles. The van der Waals surface area contributed by atoms with Crippen molar-refractivity contribution >= 4 is 33.0 Å². The molecular weight excluding hydrogens is 632 g/mol. The number of ether oxygens (including phenoxy) is 3. The minimum Gasteiger partial charge on any atom is -0.497 e. The number of hydrogen-bond donors (Lipinski definition) is 1. The second-order valence-corrected chi connectivity index (χ2v) is 13.2. The molecule has 12 nitrogen and oxygen atoms in total. The molecule has 0 aliphatic carbocycles. The summed E-state index contributed by atoms with van der Waals surface area (Å²) in [4.78, 5) is 24.0. The lowest BCUT2D eigenvalue weighted by Crippen LogP contribution is -2.49. The second-order valence-electron chi connectivity index (χ2n) is 11.4. The molecule has 4 aromatic rings. The van der Waals surface area contributed by atoms with Crippen LogP contribution < -0.4 is 28.7 Å². The van der Waals surface area contributed by atoms with Gasteiger partial charge >= 0.3 is 0 Å². The van der Waals surface area contributed by atoms with Crippen molar-refractivity contribution in [1.82, 2.24) is 9.88 Å². The fourth-order valence-corrected chi connectivity index (χ4v) is 7.83. The number of piperazine rings is 1. The lowest BCUT2D eigenvalue weighted by atomic mass is 9.83. The number of fused-ring (bicyclic) bond motifs is 1. The highest BCUT2D eigenvalue weighted by molar-refractivity contribution is 7.93. The van der Waals surface area contributed by atoms with Gasteiger partial charge in [-0.1, -0.05) is 6.07 Å². The van der Waals surface area contributed by atoms with Crippen LogP contribution >= 0.6 is 0 Å². The molecule has 1 atom stereocenters. The number of benzene rings is 3. The summed E-state index contributed by atoms with van der Waals surface area (Å²) in [5.74, 6) is -0.306. The predicted octanol–water partition coefficient (Wildman–Crippen LogP) is 4.21. The largest absolute Gasteiger partial charge is 0.497 e. The number of sulfonamides is 1. The topological polar surface area (TPSA) is 137 Å². The van der Waals surface area contributed by atoms with Crippen LogP contribution in [0.3, 0.4) is 0 Å². The molecule has 1 amide bonds. The van der Waals surface area contributed by atoms with Gasteiger partial charge in [0.05, 0.1) is 43.7 Å². The number of aromatic nitrogens is 1. The summed E-state index contributed by atoms with van der Waals surface area (Å²) in [5.41, 5.74) is 0.477. The first-order chi connectivity index (χ1) is 23.2. The van der Waals surface area contributed by atoms with E-state index in [0.717, 1.165) is 36.2 Å². The average molecular weight is 669 g/mol. The number of nitrogens with one attached hydrogen (secondary N) is 1. The molecule has 2 aliphatic rings. The van der Waals surface area contributed by atoms with Gasteiger partial charge < -0.3 is 29.3 Å². The summed E-state index contributed by atoms with van der Waals surface area (Å²) < 4.78 is 46.7. The summed E-state index contributed by atoms with van der Waals surface area (Å²) in [5, 5.41) is 13.4. The number of nitrogens with zero attached hydrogens (tertiary/aromatic N) is 5. The third-order valence-electron chi connectivity index (χ3n) is 8.65. The summed E-state index contributed by atoms with van der Waals surface area (Å²) in [6.07, 6.45) is 1.54. The molecule has 1 unspecified atom stereocenters. The zero-order chi connectivity index (χ0) is 34.1. The quantitative estimate of drug-likeness (QED) is 0.260. The molecule has 3 heterocycles. The Morgan fingerprint density at radius 3 is 2.46 bits per heavy atom. The van der Waals surface area contributed by atoms with Gasteiger partial charge in [-0.15, -0.1) is 0 Å². The zero-order valence-electron chi connectivity index (χ0n) is 27.1. The van der Waals surface area contributed by atoms with E-state index in [2.05, 4.69) is 33.2 Å². The molecule has 0 saturated carbocycles. The Bertz CT molecular complexity index is 2010. The Morgan fingerprint density at radius 1 is 0.958 bits per heavy atom. The molecule has 48 heavy (non-hydrogen) atoms. The number of anilines is 3. The van der Waals surface area contributed by atoms with E-state index in [-0.39, 0.29) is 45.5 Å². The van der Waals surface area contributed by atoms with Crippen molar-refractivity contribution in [3.05, 3.63) is 95.7 Å². The number of rotatable bonds is 10. The number of carbonyl (C=O) groups is 1. The third kappa shape index (κ3) is 5.52. The van der Waals surface area contributed by atoms with Crippen LogP contribution in [-0.2, 0) is 20.4 Å². The van der Waals surface area contributed by atoms with Gasteiger partial charge in [0.1, 0.15) is 16.4 Å². The lowest BCUT2D eigenvalue weighted by Gasteiger charge is -2.35. The van der Waals surface area contributed by atoms with E-state index in [1.165, 1.54) is 50.6 Å². The first-order valence-electron chi connectivity index (χ1n) is 15.4. The molecule has 0 radical (unpaired) electrons. The number of likely N-dealkylation sites (N-methyl/N-ethyl adjacent to an activating group) is 1. The molecule has 0 bridgehead atoms. The van der Waals surface area contributed by atoms with Gasteiger partial charge in [0.25, 0.3) is 15.9 Å². The molecule has 248 valence electrons. The van der Waals surface area contributed by atoms with Crippen molar-refractivity contribution in [3.63, 3.8) is 0 Å². The maximum absolute atomic E-state index is 15.2. The van der Waals surface area contributed by atoms with E-state index >= 15 is 4.79 Å². The Hall–Kier alpha value is -5.32. The SMILES string of the molecule is CCOc1ncccc1C1(Nc2cccc(N3CCN(C)CC3)c2)C(=O)N(S(=O)(=O)c2ccc(OC)cc2OC)c2ccc(C#N)cc21. The molecule has 13 heteroatoms. The minimum absolute atomic E-state index is 0.000866. The molecule has 6 rings (SSSR count). The van der Waals surface area contributed by atoms with E-state index in [1.54, 1.807) is 25.3 Å². The first kappa shape index (κ1) is 32.6. The highest BCUT2D eigenvalue weighted by Gasteiger charge is 2.58. The van der Waals surface area contributed by atoms with Crippen LogP contribution in [0.15, 0.2) is 83.9 Å². The van der Waals surface area contributed by atoms with Crippen molar-refractivity contribution in [3.8, 4) is 23.4 Å². The van der Waals surface area contributed by atoms with Crippen molar-refractivity contribution in [2.24, 2.45) is 0 Å². The van der Waals surface area contributed by atoms with Gasteiger partial charge in [-0.2, -0.15) is 9.57 Å². The van der Waals surface area contributed by atoms with Gasteiger partial charge in [0, 0.05) is 55.4 Å². The molecular formula is C35H36N6O6S. The number of amides is 1. The fourth-order valence-electron chi connectivity index (χ4n) is 6.22. The van der Waals surface area contributed by atoms with Gasteiger partial charge in [-0.25, -0.2) is 13.4 Å². The molecule has 3 aromatic carbocycles. The zero-order valence-corrected chi connectivity index (χ0v) is 28.0. The predicted molar refractivity (Wildman–Crippen MR) is 181 cm³/mol. The van der Waals surface area contributed by atoms with Crippen LogP contribution in [0.2, 0.25) is 0 Å². The highest BCUT2D eigenvalue weighted by atomic mass is 32.2. The number of carbonyl (C=O) groups excluding carboxylic acids is 1. The van der Waals surface area contributed by atoms with Gasteiger partial charge in [0.15, 0.2) is 5.54 Å². The first-order valence-corrected chi connectivity index (χ1v) is 16.9. The van der Waals surface area contributed by atoms with E-state index in [0.29, 0.717) is 11.4 Å². The second kappa shape index (κ2) is 13.1. The molecule has 1 saturated heterocycles. The monoisotopic (exact) mass is 668 g/mol. The summed E-state index contributed by atoms with van der Waals surface area (Å²) in [6.45, 7) is 5.49. The van der Waals surface area contributed by atoms with Crippen LogP contribution in [0.5, 0.6) is 17.4 Å². The summed E-state index contributed by atoms with van der Waals surface area (Å²) in [6, 6.07) is 21.9. The van der Waals surface area contributed by atoms with Crippen LogP contribution in [0, 0.1) is 11.3 Å². The van der Waals surface area contributed by atoms with E-state index in [4.69, 9.17) is 14.2 Å². The van der Waals surface area contributed by atoms with Crippen LogP contribution in [0.4, 0.5) is 17.1 Å². The standard InChI is InChI=1S/C35H36N6O6S/c1-5-47-33-28(10-7-15-37-33)35(38-25-8-6-9-26(21-25)40-18-16-39(2)17-19-40)29-20-24(23-36)11-13-30(29)41(34(35)42)48(43,44)32-14-12-27(45-3)22-31(32)46-4/h6-15,20-22,38H,5,16-19H2,1-4H3. The van der Waals surface area contributed by atoms with Crippen molar-refractivity contribution in [2.45, 2.75) is 17.4 Å². The van der Waals surface area contributed by atoms with Gasteiger partial charge in [0.2, 0.25) is 5.88 Å². The van der Waals surface area contributed by atoms with E-state index in [9.17, 15) is 13.7 Å². The number of pyridine rings is 1. The van der Waals surface area contributed by atoms with Gasteiger partial charge in [-0.05, 0) is 74.6 Å². The molecule has 1 N–H and O–H groups in total. The molecule has 2 aliphatic heterocycles. The third-order valence-corrected chi connectivity index (χ3v) is 10.4. The number of hydrogen-bond acceptors (Lipinski definition) is 11. The Balaban J connectivity index is 1.59. The lowest BCUT2D eigenvalue weighted by molar-refractivity contribution is -0.120. The van der Waals surface area contributed by atoms with Crippen LogP contribution in [0.1, 0.15) is 23.6 Å². The average Bonchev–Trinajstić information content (AvgIpc) is 3.36.